The maximum absolute atomic E-state index is 9.92. The fourth-order valence-corrected chi connectivity index (χ4v) is 1.81. The van der Waals surface area contributed by atoms with Gasteiger partial charge >= 0.3 is 0 Å². The van der Waals surface area contributed by atoms with Crippen LogP contribution >= 0.6 is 0 Å². The number of hydrogen-bond acceptors (Lipinski definition) is 3. The van der Waals surface area contributed by atoms with Crippen LogP contribution in [0.15, 0.2) is 30.3 Å². The molecule has 0 fully saturated rings. The Morgan fingerprint density at radius 1 is 0.882 bits per heavy atom. The Labute approximate surface area is 104 Å². The Morgan fingerprint density at radius 2 is 1.29 bits per heavy atom. The van der Waals surface area contributed by atoms with E-state index in [2.05, 4.69) is 0 Å². The lowest BCUT2D eigenvalue weighted by molar-refractivity contribution is 0.0657. The second-order valence-corrected chi connectivity index (χ2v) is 5.82. The molecule has 0 aromatic heterocycles. The van der Waals surface area contributed by atoms with Crippen molar-refractivity contribution in [2.75, 3.05) is 18.0 Å². The quantitative estimate of drug-likeness (QED) is 0.823. The van der Waals surface area contributed by atoms with Crippen LogP contribution in [0, 0.1) is 0 Å². The van der Waals surface area contributed by atoms with Gasteiger partial charge in [0.2, 0.25) is 0 Å². The molecule has 96 valence electrons. The van der Waals surface area contributed by atoms with Gasteiger partial charge in [0.15, 0.2) is 0 Å². The third kappa shape index (κ3) is 5.71. The topological polar surface area (TPSA) is 43.7 Å². The maximum atomic E-state index is 9.92. The van der Waals surface area contributed by atoms with E-state index in [4.69, 9.17) is 0 Å². The first-order valence-electron chi connectivity index (χ1n) is 5.92. The van der Waals surface area contributed by atoms with Crippen LogP contribution in [0.25, 0.3) is 0 Å². The summed E-state index contributed by atoms with van der Waals surface area (Å²) in [6, 6.07) is 9.83. The molecular formula is C14H23NO2. The molecule has 0 radical (unpaired) electrons. The largest absolute Gasteiger partial charge is 0.389 e. The summed E-state index contributed by atoms with van der Waals surface area (Å²) in [5.74, 6) is 0. The normalized spacial score (nSPS) is 12.6. The molecule has 1 aromatic carbocycles. The fourth-order valence-electron chi connectivity index (χ4n) is 1.81. The van der Waals surface area contributed by atoms with Crippen molar-refractivity contribution in [3.63, 3.8) is 0 Å². The molecule has 2 N–H and O–H groups in total. The van der Waals surface area contributed by atoms with E-state index in [1.807, 2.05) is 35.2 Å². The standard InChI is InChI=1S/C14H23NO2/c1-13(2,16)10-15(11-14(3,4)17)12-8-6-5-7-9-12/h5-9,16-17H,10-11H2,1-4H3. The molecule has 0 saturated carbocycles. The Bertz CT molecular complexity index is 319. The van der Waals surface area contributed by atoms with Crippen molar-refractivity contribution in [1.82, 2.24) is 0 Å². The van der Waals surface area contributed by atoms with Crippen LogP contribution < -0.4 is 4.90 Å². The van der Waals surface area contributed by atoms with Crippen LogP contribution in [0.1, 0.15) is 27.7 Å². The van der Waals surface area contributed by atoms with E-state index in [0.717, 1.165) is 5.69 Å². The van der Waals surface area contributed by atoms with Gasteiger partial charge in [0.1, 0.15) is 0 Å². The van der Waals surface area contributed by atoms with E-state index < -0.39 is 11.2 Å². The smallest absolute Gasteiger partial charge is 0.0765 e. The maximum Gasteiger partial charge on any atom is 0.0765 e. The van der Waals surface area contributed by atoms with E-state index in [0.29, 0.717) is 13.1 Å². The van der Waals surface area contributed by atoms with Gasteiger partial charge in [-0.2, -0.15) is 0 Å². The molecule has 0 aliphatic rings. The number of hydrogen-bond donors (Lipinski definition) is 2. The van der Waals surface area contributed by atoms with Crippen LogP contribution in [-0.4, -0.2) is 34.5 Å². The molecule has 0 unspecified atom stereocenters. The molecule has 0 amide bonds. The van der Waals surface area contributed by atoms with Crippen molar-refractivity contribution in [2.45, 2.75) is 38.9 Å². The fraction of sp³-hybridized carbons (Fsp3) is 0.571. The van der Waals surface area contributed by atoms with Gasteiger partial charge in [0.25, 0.3) is 0 Å². The van der Waals surface area contributed by atoms with Gasteiger partial charge in [-0.25, -0.2) is 0 Å². The third-order valence-corrected chi connectivity index (χ3v) is 2.28. The second kappa shape index (κ2) is 5.07. The summed E-state index contributed by atoms with van der Waals surface area (Å²) in [7, 11) is 0. The van der Waals surface area contributed by atoms with Crippen LogP contribution in [0.3, 0.4) is 0 Å². The van der Waals surface area contributed by atoms with Crippen LogP contribution in [-0.2, 0) is 0 Å². The highest BCUT2D eigenvalue weighted by atomic mass is 16.3. The van der Waals surface area contributed by atoms with Crippen molar-refractivity contribution < 1.29 is 10.2 Å². The highest BCUT2D eigenvalue weighted by Gasteiger charge is 2.23. The van der Waals surface area contributed by atoms with Crippen molar-refractivity contribution in [2.24, 2.45) is 0 Å². The Hall–Kier alpha value is -1.06. The predicted molar refractivity (Wildman–Crippen MR) is 71.3 cm³/mol. The van der Waals surface area contributed by atoms with E-state index in [1.165, 1.54) is 0 Å². The summed E-state index contributed by atoms with van der Waals surface area (Å²) in [6.07, 6.45) is 0. The molecule has 0 heterocycles. The molecule has 0 aliphatic carbocycles. The first kappa shape index (κ1) is 14.0. The first-order valence-corrected chi connectivity index (χ1v) is 5.92. The predicted octanol–water partition coefficient (Wildman–Crippen LogP) is 2.03. The average molecular weight is 237 g/mol. The highest BCUT2D eigenvalue weighted by molar-refractivity contribution is 5.46. The Balaban J connectivity index is 2.87. The highest BCUT2D eigenvalue weighted by Crippen LogP contribution is 2.19. The zero-order valence-corrected chi connectivity index (χ0v) is 11.1. The van der Waals surface area contributed by atoms with Crippen LogP contribution in [0.5, 0.6) is 0 Å². The summed E-state index contributed by atoms with van der Waals surface area (Å²) in [4.78, 5) is 2.00. The van der Waals surface area contributed by atoms with E-state index in [9.17, 15) is 10.2 Å². The van der Waals surface area contributed by atoms with Gasteiger partial charge < -0.3 is 15.1 Å². The van der Waals surface area contributed by atoms with Crippen LogP contribution in [0.4, 0.5) is 5.69 Å². The molecule has 1 rings (SSSR count). The van der Waals surface area contributed by atoms with Gasteiger partial charge in [-0.1, -0.05) is 18.2 Å². The summed E-state index contributed by atoms with van der Waals surface area (Å²) < 4.78 is 0. The summed E-state index contributed by atoms with van der Waals surface area (Å²) in [5.41, 5.74) is -0.570. The van der Waals surface area contributed by atoms with Crippen molar-refractivity contribution in [1.29, 1.82) is 0 Å². The number of aliphatic hydroxyl groups is 2. The number of nitrogens with zero attached hydrogens (tertiary/aromatic N) is 1. The average Bonchev–Trinajstić information content (AvgIpc) is 2.14. The van der Waals surface area contributed by atoms with Gasteiger partial charge in [0.05, 0.1) is 11.2 Å². The lowest BCUT2D eigenvalue weighted by Gasteiger charge is -2.35. The van der Waals surface area contributed by atoms with Crippen LogP contribution in [0.2, 0.25) is 0 Å². The molecular weight excluding hydrogens is 214 g/mol. The van der Waals surface area contributed by atoms with Crippen molar-refractivity contribution in [3.05, 3.63) is 30.3 Å². The lowest BCUT2D eigenvalue weighted by Crippen LogP contribution is -2.45. The first-order chi connectivity index (χ1) is 7.67. The molecule has 0 spiro atoms. The third-order valence-electron chi connectivity index (χ3n) is 2.28. The minimum atomic E-state index is -0.791. The number of anilines is 1. The summed E-state index contributed by atoms with van der Waals surface area (Å²) in [5, 5.41) is 19.8. The summed E-state index contributed by atoms with van der Waals surface area (Å²) in [6.45, 7) is 8.06. The van der Waals surface area contributed by atoms with Gasteiger partial charge in [-0.15, -0.1) is 0 Å². The Morgan fingerprint density at radius 3 is 1.65 bits per heavy atom. The SMILES string of the molecule is CC(C)(O)CN(CC(C)(C)O)c1ccccc1. The minimum Gasteiger partial charge on any atom is -0.389 e. The zero-order valence-electron chi connectivity index (χ0n) is 11.1. The molecule has 1 aromatic rings. The van der Waals surface area contributed by atoms with E-state index >= 15 is 0 Å². The van der Waals surface area contributed by atoms with Crippen molar-refractivity contribution in [3.8, 4) is 0 Å². The van der Waals surface area contributed by atoms with Gasteiger partial charge in [-0.3, -0.25) is 0 Å². The number of rotatable bonds is 5. The molecule has 0 bridgehead atoms. The molecule has 3 heteroatoms. The number of benzene rings is 1. The molecule has 0 aliphatic heterocycles. The summed E-state index contributed by atoms with van der Waals surface area (Å²) >= 11 is 0. The van der Waals surface area contributed by atoms with Crippen molar-refractivity contribution >= 4 is 5.69 Å². The van der Waals surface area contributed by atoms with Gasteiger partial charge in [-0.05, 0) is 39.8 Å². The second-order valence-electron chi connectivity index (χ2n) is 5.82. The van der Waals surface area contributed by atoms with E-state index in [-0.39, 0.29) is 0 Å². The van der Waals surface area contributed by atoms with E-state index in [1.54, 1.807) is 27.7 Å². The molecule has 17 heavy (non-hydrogen) atoms. The molecule has 3 nitrogen and oxygen atoms in total. The Kier molecular flexibility index (Phi) is 4.17. The molecule has 0 atom stereocenters. The van der Waals surface area contributed by atoms with Gasteiger partial charge in [0, 0.05) is 18.8 Å². The zero-order chi connectivity index (χ0) is 13.1. The lowest BCUT2D eigenvalue weighted by atomic mass is 10.1. The molecule has 0 saturated heterocycles. The monoisotopic (exact) mass is 237 g/mol. The minimum absolute atomic E-state index is 0.487. The number of para-hydroxylation sites is 1.